The smallest absolute Gasteiger partial charge is 0.321 e. The Labute approximate surface area is 245 Å². The van der Waals surface area contributed by atoms with Crippen LogP contribution in [-0.2, 0) is 4.79 Å². The maximum Gasteiger partial charge on any atom is 0.321 e. The fourth-order valence-electron chi connectivity index (χ4n) is 4.86. The summed E-state index contributed by atoms with van der Waals surface area (Å²) in [7, 11) is 0. The van der Waals surface area contributed by atoms with Gasteiger partial charge in [0.1, 0.15) is 0 Å². The van der Waals surface area contributed by atoms with Crippen molar-refractivity contribution in [2.24, 2.45) is 10.9 Å². The van der Waals surface area contributed by atoms with Gasteiger partial charge in [-0.1, -0.05) is 56.3 Å². The zero-order chi connectivity index (χ0) is 29.5. The Morgan fingerprint density at radius 3 is 2.51 bits per heavy atom. The Bertz CT molecular complexity index is 1250. The third-order valence-corrected chi connectivity index (χ3v) is 7.17. The minimum Gasteiger partial charge on any atom is -0.333 e. The molecule has 1 aromatic heterocycles. The lowest BCUT2D eigenvalue weighted by molar-refractivity contribution is -0.134. The summed E-state index contributed by atoms with van der Waals surface area (Å²) in [4.78, 5) is 37.8. The molecule has 3 amide bonds. The van der Waals surface area contributed by atoms with E-state index in [1.54, 1.807) is 35.5 Å². The lowest BCUT2D eigenvalue weighted by Crippen LogP contribution is -2.51. The molecule has 1 aromatic carbocycles. The molecule has 1 fully saturated rings. The standard InChI is InChI=1S/C34H43N5O2/c1-5-8-16-31(29-14-10-9-11-15-29)37-32(33(40)39(24-6-2)26(4)7-3)38-34(41)36-30-21-19-27(20-22-30)17-18-28-13-12-23-35-25-28/h5,7-8,12-13,19-23,25-26,29,32H,3,6,9-11,14-16,24H2,1-2,4H3,(H2,36,38,41)/b8-5-,37-31+. The summed E-state index contributed by atoms with van der Waals surface area (Å²) < 4.78 is 0. The van der Waals surface area contributed by atoms with Crippen molar-refractivity contribution in [2.45, 2.75) is 77.9 Å². The first kappa shape index (κ1) is 31.3. The highest BCUT2D eigenvalue weighted by Crippen LogP contribution is 2.27. The van der Waals surface area contributed by atoms with E-state index in [4.69, 9.17) is 4.99 Å². The molecule has 7 heteroatoms. The Hall–Kier alpha value is -4.18. The summed E-state index contributed by atoms with van der Waals surface area (Å²) in [5.41, 5.74) is 3.21. The molecule has 1 heterocycles. The summed E-state index contributed by atoms with van der Waals surface area (Å²) in [5.74, 6) is 6.26. The molecule has 2 aromatic rings. The molecule has 0 saturated heterocycles. The second-order valence-corrected chi connectivity index (χ2v) is 10.3. The van der Waals surface area contributed by atoms with Gasteiger partial charge in [-0.15, -0.1) is 6.58 Å². The Balaban J connectivity index is 1.81. The summed E-state index contributed by atoms with van der Waals surface area (Å²) in [6, 6.07) is 10.3. The number of aliphatic imine (C=N–C) groups is 1. The molecular formula is C34H43N5O2. The molecule has 2 atom stereocenters. The summed E-state index contributed by atoms with van der Waals surface area (Å²) in [5, 5.41) is 5.72. The topological polar surface area (TPSA) is 86.7 Å². The number of nitrogens with one attached hydrogen (secondary N) is 2. The molecule has 0 aliphatic heterocycles. The van der Waals surface area contributed by atoms with Gasteiger partial charge in [-0.3, -0.25) is 14.8 Å². The predicted molar refractivity (Wildman–Crippen MR) is 168 cm³/mol. The molecule has 7 nitrogen and oxygen atoms in total. The first-order chi connectivity index (χ1) is 19.9. The number of aromatic nitrogens is 1. The van der Waals surface area contributed by atoms with Crippen molar-refractivity contribution < 1.29 is 9.59 Å². The van der Waals surface area contributed by atoms with E-state index in [2.05, 4.69) is 40.1 Å². The summed E-state index contributed by atoms with van der Waals surface area (Å²) in [6.07, 6.45) is 15.3. The molecule has 0 radical (unpaired) electrons. The van der Waals surface area contributed by atoms with E-state index in [1.165, 1.54) is 6.42 Å². The second kappa shape index (κ2) is 16.8. The highest BCUT2D eigenvalue weighted by molar-refractivity contribution is 5.96. The van der Waals surface area contributed by atoms with E-state index < -0.39 is 12.2 Å². The number of hydrogen-bond donors (Lipinski definition) is 2. The number of carbonyl (C=O) groups is 2. The van der Waals surface area contributed by atoms with E-state index in [1.807, 2.05) is 51.1 Å². The Kier molecular flexibility index (Phi) is 12.9. The average molecular weight is 554 g/mol. The highest BCUT2D eigenvalue weighted by Gasteiger charge is 2.29. The largest absolute Gasteiger partial charge is 0.333 e. The Morgan fingerprint density at radius 2 is 1.88 bits per heavy atom. The molecule has 0 bridgehead atoms. The fraction of sp³-hybridized carbons (Fsp3) is 0.412. The number of amides is 3. The van der Waals surface area contributed by atoms with Gasteiger partial charge >= 0.3 is 6.03 Å². The van der Waals surface area contributed by atoms with Crippen LogP contribution in [0.4, 0.5) is 10.5 Å². The maximum atomic E-state index is 13.8. The van der Waals surface area contributed by atoms with Crippen molar-refractivity contribution in [1.82, 2.24) is 15.2 Å². The fourth-order valence-corrected chi connectivity index (χ4v) is 4.86. The van der Waals surface area contributed by atoms with Crippen LogP contribution in [0.15, 0.2) is 78.6 Å². The average Bonchev–Trinajstić information content (AvgIpc) is 3.01. The first-order valence-corrected chi connectivity index (χ1v) is 14.7. The molecule has 1 aliphatic rings. The number of rotatable bonds is 11. The van der Waals surface area contributed by atoms with Crippen LogP contribution in [0.3, 0.4) is 0 Å². The summed E-state index contributed by atoms with van der Waals surface area (Å²) in [6.45, 7) is 10.4. The van der Waals surface area contributed by atoms with E-state index >= 15 is 0 Å². The van der Waals surface area contributed by atoms with Crippen LogP contribution in [0.5, 0.6) is 0 Å². The number of hydrogen-bond acceptors (Lipinski definition) is 4. The van der Waals surface area contributed by atoms with Crippen LogP contribution >= 0.6 is 0 Å². The molecule has 2 N–H and O–H groups in total. The molecule has 2 unspecified atom stereocenters. The normalized spacial score (nSPS) is 15.3. The lowest BCUT2D eigenvalue weighted by Gasteiger charge is -2.31. The Morgan fingerprint density at radius 1 is 1.15 bits per heavy atom. The van der Waals surface area contributed by atoms with Gasteiger partial charge in [-0.2, -0.15) is 0 Å². The molecule has 3 rings (SSSR count). The van der Waals surface area contributed by atoms with Crippen molar-refractivity contribution in [1.29, 1.82) is 0 Å². The number of anilines is 1. The van der Waals surface area contributed by atoms with Crippen LogP contribution < -0.4 is 10.6 Å². The molecule has 216 valence electrons. The molecule has 1 aliphatic carbocycles. The quantitative estimate of drug-likeness (QED) is 0.184. The molecule has 1 saturated carbocycles. The number of carbonyl (C=O) groups excluding carboxylic acids is 2. The maximum absolute atomic E-state index is 13.8. The van der Waals surface area contributed by atoms with E-state index in [-0.39, 0.29) is 11.9 Å². The number of urea groups is 1. The zero-order valence-corrected chi connectivity index (χ0v) is 24.6. The van der Waals surface area contributed by atoms with Crippen LogP contribution in [0.2, 0.25) is 0 Å². The number of nitrogens with zero attached hydrogens (tertiary/aromatic N) is 3. The molecular weight excluding hydrogens is 510 g/mol. The van der Waals surface area contributed by atoms with Crippen molar-refractivity contribution in [3.8, 4) is 11.8 Å². The monoisotopic (exact) mass is 553 g/mol. The van der Waals surface area contributed by atoms with Crippen molar-refractivity contribution in [3.63, 3.8) is 0 Å². The number of allylic oxidation sites excluding steroid dienone is 2. The van der Waals surface area contributed by atoms with Gasteiger partial charge < -0.3 is 15.5 Å². The zero-order valence-electron chi connectivity index (χ0n) is 24.6. The van der Waals surface area contributed by atoms with Gasteiger partial charge in [-0.05, 0) is 75.4 Å². The van der Waals surface area contributed by atoms with Gasteiger partial charge in [0.25, 0.3) is 5.91 Å². The van der Waals surface area contributed by atoms with Crippen LogP contribution in [0.25, 0.3) is 0 Å². The number of benzene rings is 1. The lowest BCUT2D eigenvalue weighted by atomic mass is 9.84. The molecule has 0 spiro atoms. The minimum absolute atomic E-state index is 0.181. The predicted octanol–water partition coefficient (Wildman–Crippen LogP) is 6.73. The highest BCUT2D eigenvalue weighted by atomic mass is 16.2. The van der Waals surface area contributed by atoms with Gasteiger partial charge in [0.15, 0.2) is 0 Å². The molecule has 41 heavy (non-hydrogen) atoms. The van der Waals surface area contributed by atoms with Gasteiger partial charge in [-0.25, -0.2) is 4.79 Å². The SMILES string of the molecule is C=CC(C)N(CCC)C(=O)C(/N=C(\C/C=C\C)C1CCCCC1)NC(=O)Nc1ccc(C#Cc2cccnc2)cc1. The van der Waals surface area contributed by atoms with Gasteiger partial charge in [0.2, 0.25) is 6.17 Å². The van der Waals surface area contributed by atoms with Crippen LogP contribution in [-0.4, -0.2) is 46.3 Å². The van der Waals surface area contributed by atoms with Crippen LogP contribution in [0, 0.1) is 17.8 Å². The number of pyridine rings is 1. The van der Waals surface area contributed by atoms with Gasteiger partial charge in [0.05, 0.1) is 0 Å². The van der Waals surface area contributed by atoms with E-state index in [0.29, 0.717) is 24.6 Å². The van der Waals surface area contributed by atoms with Crippen LogP contribution in [0.1, 0.15) is 76.8 Å². The van der Waals surface area contributed by atoms with E-state index in [9.17, 15) is 9.59 Å². The third-order valence-electron chi connectivity index (χ3n) is 7.17. The first-order valence-electron chi connectivity index (χ1n) is 14.7. The van der Waals surface area contributed by atoms with E-state index in [0.717, 1.165) is 48.9 Å². The second-order valence-electron chi connectivity index (χ2n) is 10.3. The minimum atomic E-state index is -1.03. The summed E-state index contributed by atoms with van der Waals surface area (Å²) >= 11 is 0. The van der Waals surface area contributed by atoms with Crippen molar-refractivity contribution >= 4 is 23.3 Å². The van der Waals surface area contributed by atoms with Crippen molar-refractivity contribution in [2.75, 3.05) is 11.9 Å². The third kappa shape index (κ3) is 10.1. The van der Waals surface area contributed by atoms with Crippen molar-refractivity contribution in [3.05, 3.63) is 84.7 Å². The van der Waals surface area contributed by atoms with Gasteiger partial charge in [0, 0.05) is 53.9 Å².